The van der Waals surface area contributed by atoms with E-state index in [0.717, 1.165) is 23.3 Å². The van der Waals surface area contributed by atoms with E-state index in [2.05, 4.69) is 5.32 Å². The number of unbranched alkanes of at least 4 members (excludes halogenated alkanes) is 1. The van der Waals surface area contributed by atoms with E-state index in [4.69, 9.17) is 9.47 Å². The van der Waals surface area contributed by atoms with Gasteiger partial charge >= 0.3 is 11.9 Å². The summed E-state index contributed by atoms with van der Waals surface area (Å²) in [4.78, 5) is 42.5. The van der Waals surface area contributed by atoms with E-state index in [1.54, 1.807) is 28.0 Å². The average Bonchev–Trinajstić information content (AvgIpc) is 3.36. The molecule has 1 fully saturated rings. The number of esters is 2. The van der Waals surface area contributed by atoms with Gasteiger partial charge in [0.25, 0.3) is 0 Å². The Morgan fingerprint density at radius 3 is 2.55 bits per heavy atom. The fraction of sp³-hybridized carbons (Fsp3) is 0.552. The van der Waals surface area contributed by atoms with Crippen LogP contribution in [0.1, 0.15) is 63.4 Å². The zero-order valence-corrected chi connectivity index (χ0v) is 24.4. The van der Waals surface area contributed by atoms with Crippen molar-refractivity contribution in [1.29, 1.82) is 0 Å². The number of nitrogens with one attached hydrogen (secondary N) is 1. The van der Waals surface area contributed by atoms with Gasteiger partial charge in [-0.25, -0.2) is 0 Å². The molecule has 1 aromatic heterocycles. The number of ether oxygens (including phenoxy) is 2. The summed E-state index contributed by atoms with van der Waals surface area (Å²) in [7, 11) is 0. The van der Waals surface area contributed by atoms with Crippen LogP contribution in [0.25, 0.3) is 0 Å². The third kappa shape index (κ3) is 9.43. The summed E-state index contributed by atoms with van der Waals surface area (Å²) in [6.07, 6.45) is 2.90. The van der Waals surface area contributed by atoms with Crippen LogP contribution in [0.3, 0.4) is 0 Å². The van der Waals surface area contributed by atoms with Crippen LogP contribution in [0.5, 0.6) is 0 Å². The molecular formula is C29H40N2O5S2. The summed E-state index contributed by atoms with van der Waals surface area (Å²) >= 11 is 3.21. The molecule has 1 aromatic carbocycles. The molecule has 9 heteroatoms. The number of benzene rings is 1. The number of aryl methyl sites for hydroxylation is 1. The second kappa shape index (κ2) is 14.7. The molecule has 0 spiro atoms. The maximum atomic E-state index is 13.9. The number of hydrogen-bond acceptors (Lipinski definition) is 8. The molecule has 1 aliphatic rings. The Bertz CT molecular complexity index is 1020. The fourth-order valence-electron chi connectivity index (χ4n) is 4.23. The average molecular weight is 561 g/mol. The zero-order chi connectivity index (χ0) is 27.5. The summed E-state index contributed by atoms with van der Waals surface area (Å²) in [6.45, 7) is 7.70. The van der Waals surface area contributed by atoms with Crippen LogP contribution in [0.2, 0.25) is 0 Å². The van der Waals surface area contributed by atoms with Gasteiger partial charge in [-0.2, -0.15) is 11.8 Å². The lowest BCUT2D eigenvalue weighted by Crippen LogP contribution is -2.54. The molecule has 7 nitrogen and oxygen atoms in total. The minimum absolute atomic E-state index is 0.146. The van der Waals surface area contributed by atoms with Gasteiger partial charge in [-0.15, -0.1) is 11.3 Å². The van der Waals surface area contributed by atoms with Crippen molar-refractivity contribution in [1.82, 2.24) is 10.2 Å². The third-order valence-corrected chi connectivity index (χ3v) is 8.20. The summed E-state index contributed by atoms with van der Waals surface area (Å²) in [5, 5.41) is 5.30. The number of carbonyl (C=O) groups is 3. The van der Waals surface area contributed by atoms with Crippen molar-refractivity contribution in [3.05, 3.63) is 58.3 Å². The Morgan fingerprint density at radius 1 is 1.13 bits per heavy atom. The summed E-state index contributed by atoms with van der Waals surface area (Å²) < 4.78 is 11.1. The minimum atomic E-state index is -0.651. The number of hydrogen-bond donors (Lipinski definition) is 1. The van der Waals surface area contributed by atoms with Gasteiger partial charge in [0.1, 0.15) is 18.2 Å². The molecule has 3 rings (SSSR count). The van der Waals surface area contributed by atoms with E-state index in [-0.39, 0.29) is 24.5 Å². The Balaban J connectivity index is 1.80. The van der Waals surface area contributed by atoms with Crippen LogP contribution in [-0.4, -0.2) is 65.1 Å². The molecule has 3 atom stereocenters. The fourth-order valence-corrected chi connectivity index (χ4v) is 6.37. The topological polar surface area (TPSA) is 84.9 Å². The van der Waals surface area contributed by atoms with Crippen molar-refractivity contribution in [3.63, 3.8) is 0 Å². The quantitative estimate of drug-likeness (QED) is 0.289. The molecule has 0 bridgehead atoms. The molecule has 2 aromatic rings. The van der Waals surface area contributed by atoms with Crippen molar-refractivity contribution in [2.75, 3.05) is 24.7 Å². The van der Waals surface area contributed by atoms with E-state index in [0.29, 0.717) is 31.0 Å². The largest absolute Gasteiger partial charge is 0.465 e. The molecule has 0 radical (unpaired) electrons. The predicted octanol–water partition coefficient (Wildman–Crippen LogP) is 5.01. The van der Waals surface area contributed by atoms with E-state index < -0.39 is 23.7 Å². The Morgan fingerprint density at radius 2 is 1.89 bits per heavy atom. The summed E-state index contributed by atoms with van der Waals surface area (Å²) in [5.41, 5.74) is 0.466. The molecule has 2 unspecified atom stereocenters. The van der Waals surface area contributed by atoms with Gasteiger partial charge in [0.2, 0.25) is 5.91 Å². The first-order chi connectivity index (χ1) is 18.2. The van der Waals surface area contributed by atoms with Crippen molar-refractivity contribution in [2.24, 2.45) is 0 Å². The van der Waals surface area contributed by atoms with E-state index >= 15 is 0 Å². The van der Waals surface area contributed by atoms with Gasteiger partial charge < -0.3 is 14.4 Å². The maximum absolute atomic E-state index is 13.9. The predicted molar refractivity (Wildman–Crippen MR) is 153 cm³/mol. The van der Waals surface area contributed by atoms with Crippen molar-refractivity contribution < 1.29 is 23.9 Å². The highest BCUT2D eigenvalue weighted by atomic mass is 32.2. The molecule has 0 saturated carbocycles. The lowest BCUT2D eigenvalue weighted by molar-refractivity contribution is -0.160. The van der Waals surface area contributed by atoms with Crippen LogP contribution in [0, 0.1) is 0 Å². The second-order valence-corrected chi connectivity index (χ2v) is 12.5. The number of carbonyl (C=O) groups excluding carboxylic acids is 3. The van der Waals surface area contributed by atoms with Crippen LogP contribution in [0.15, 0.2) is 47.8 Å². The monoisotopic (exact) mass is 560 g/mol. The highest BCUT2D eigenvalue weighted by Gasteiger charge is 2.38. The molecule has 0 aliphatic carbocycles. The van der Waals surface area contributed by atoms with Gasteiger partial charge in [-0.1, -0.05) is 49.7 Å². The second-order valence-electron chi connectivity index (χ2n) is 10.4. The standard InChI is InChI=1S/C29H40N2O5S2/c1-5-6-16-35-28(34)22(15-14-21-11-8-7-9-12-21)30-23-19-37-20-24(25-13-10-17-38-25)31(27(23)33)18-26(32)36-29(2,3)4/h7-13,17,22-24,30H,5-6,14-16,18-20H2,1-4H3/t22-,23?,24?/m1/s1. The van der Waals surface area contributed by atoms with Gasteiger partial charge in [0, 0.05) is 16.4 Å². The zero-order valence-electron chi connectivity index (χ0n) is 22.8. The van der Waals surface area contributed by atoms with Crippen molar-refractivity contribution in [2.45, 2.75) is 77.1 Å². The lowest BCUT2D eigenvalue weighted by atomic mass is 10.0. The van der Waals surface area contributed by atoms with Crippen LogP contribution in [0.4, 0.5) is 0 Å². The molecular weight excluding hydrogens is 520 g/mol. The molecule has 2 heterocycles. The summed E-state index contributed by atoms with van der Waals surface area (Å²) in [6, 6.07) is 12.4. The maximum Gasteiger partial charge on any atom is 0.326 e. The van der Waals surface area contributed by atoms with E-state index in [9.17, 15) is 14.4 Å². The van der Waals surface area contributed by atoms with Gasteiger partial charge in [-0.05, 0) is 57.0 Å². The molecule has 1 aliphatic heterocycles. The van der Waals surface area contributed by atoms with Crippen molar-refractivity contribution in [3.8, 4) is 0 Å². The first kappa shape index (κ1) is 30.2. The van der Waals surface area contributed by atoms with E-state index in [1.807, 2.05) is 75.5 Å². The first-order valence-electron chi connectivity index (χ1n) is 13.3. The van der Waals surface area contributed by atoms with Crippen molar-refractivity contribution >= 4 is 40.9 Å². The smallest absolute Gasteiger partial charge is 0.326 e. The van der Waals surface area contributed by atoms with Gasteiger partial charge in [-0.3, -0.25) is 19.7 Å². The van der Waals surface area contributed by atoms with Crippen LogP contribution >= 0.6 is 23.1 Å². The molecule has 1 amide bonds. The Labute approximate surface area is 234 Å². The molecule has 208 valence electrons. The third-order valence-electron chi connectivity index (χ3n) is 6.10. The number of thioether (sulfide) groups is 1. The lowest BCUT2D eigenvalue weighted by Gasteiger charge is -2.32. The minimum Gasteiger partial charge on any atom is -0.465 e. The summed E-state index contributed by atoms with van der Waals surface area (Å²) in [5.74, 6) is 0.159. The number of rotatable bonds is 12. The molecule has 1 N–H and O–H groups in total. The Hall–Kier alpha value is -2.36. The Kier molecular flexibility index (Phi) is 11.7. The molecule has 1 saturated heterocycles. The highest BCUT2D eigenvalue weighted by molar-refractivity contribution is 7.99. The normalized spacial score (nSPS) is 19.1. The number of amides is 1. The first-order valence-corrected chi connectivity index (χ1v) is 15.3. The van der Waals surface area contributed by atoms with Crippen LogP contribution < -0.4 is 5.32 Å². The van der Waals surface area contributed by atoms with Gasteiger partial charge in [0.05, 0.1) is 18.7 Å². The molecule has 38 heavy (non-hydrogen) atoms. The van der Waals surface area contributed by atoms with Crippen LogP contribution in [-0.2, 0) is 30.3 Å². The highest BCUT2D eigenvalue weighted by Crippen LogP contribution is 2.32. The SMILES string of the molecule is CCCCOC(=O)[C@@H](CCc1ccccc1)NC1CSCC(c2cccs2)N(CC(=O)OC(C)(C)C)C1=O. The van der Waals surface area contributed by atoms with E-state index in [1.165, 1.54) is 0 Å². The number of thiophene rings is 1. The number of nitrogens with zero attached hydrogens (tertiary/aromatic N) is 1. The van der Waals surface area contributed by atoms with Gasteiger partial charge in [0.15, 0.2) is 0 Å².